The largest absolute Gasteiger partial charge is 0.366 e. The monoisotopic (exact) mass is 251 g/mol. The second kappa shape index (κ2) is 6.06. The maximum Gasteiger partial charge on any atom is 0.249 e. The van der Waals surface area contributed by atoms with E-state index in [1.807, 2.05) is 0 Å². The molecule has 0 aliphatic heterocycles. The van der Waals surface area contributed by atoms with Gasteiger partial charge in [0.2, 0.25) is 5.91 Å². The first-order valence-electron chi connectivity index (χ1n) is 4.72. The first kappa shape index (κ1) is 13.3. The molecule has 1 amide bonds. The first-order chi connectivity index (χ1) is 8.00. The first-order valence-corrected chi connectivity index (χ1v) is 5.71. The van der Waals surface area contributed by atoms with Crippen LogP contribution >= 0.6 is 11.8 Å². The van der Waals surface area contributed by atoms with Crippen molar-refractivity contribution in [2.45, 2.75) is 6.92 Å². The summed E-state index contributed by atoms with van der Waals surface area (Å²) in [4.78, 5) is 21.7. The van der Waals surface area contributed by atoms with Gasteiger partial charge in [0.25, 0.3) is 0 Å². The molecule has 0 aliphatic carbocycles. The minimum absolute atomic E-state index is 0.0475. The molecule has 0 spiro atoms. The van der Waals surface area contributed by atoms with Crippen LogP contribution in [0.1, 0.15) is 22.8 Å². The summed E-state index contributed by atoms with van der Waals surface area (Å²) in [5.41, 5.74) is 5.54. The molecule has 3 nitrogen and oxygen atoms in total. The molecule has 88 valence electrons. The van der Waals surface area contributed by atoms with Crippen molar-refractivity contribution in [2.75, 3.05) is 5.75 Å². The zero-order valence-corrected chi connectivity index (χ0v) is 9.94. The highest BCUT2D eigenvalue weighted by Crippen LogP contribution is 2.10. The fourth-order valence-corrected chi connectivity index (χ4v) is 1.45. The number of hydrogen-bond acceptors (Lipinski definition) is 3. The second-order valence-corrected chi connectivity index (χ2v) is 4.29. The molecule has 0 bridgehead atoms. The Balaban J connectivity index is 2.92. The Morgan fingerprint density at radius 3 is 2.76 bits per heavy atom. The standard InChI is InChI=1S/C12H10FNO2S/c1-8(15)17-6-2-3-9-7-10(13)4-5-11(9)12(14)16/h4-5,7H,6H2,1H3,(H2,14,16). The Morgan fingerprint density at radius 1 is 1.47 bits per heavy atom. The van der Waals surface area contributed by atoms with Gasteiger partial charge in [0.05, 0.1) is 11.3 Å². The van der Waals surface area contributed by atoms with E-state index in [9.17, 15) is 14.0 Å². The van der Waals surface area contributed by atoms with Crippen molar-refractivity contribution in [3.8, 4) is 11.8 Å². The number of amides is 1. The lowest BCUT2D eigenvalue weighted by molar-refractivity contribution is -0.109. The van der Waals surface area contributed by atoms with Crippen molar-refractivity contribution in [1.29, 1.82) is 0 Å². The van der Waals surface area contributed by atoms with E-state index in [1.54, 1.807) is 0 Å². The number of primary amides is 1. The molecule has 2 N–H and O–H groups in total. The van der Waals surface area contributed by atoms with Gasteiger partial charge in [0.1, 0.15) is 5.82 Å². The van der Waals surface area contributed by atoms with Gasteiger partial charge in [0.15, 0.2) is 5.12 Å². The second-order valence-electron chi connectivity index (χ2n) is 3.14. The van der Waals surface area contributed by atoms with Crippen LogP contribution in [0.5, 0.6) is 0 Å². The van der Waals surface area contributed by atoms with Gasteiger partial charge in [-0.15, -0.1) is 0 Å². The van der Waals surface area contributed by atoms with E-state index in [2.05, 4.69) is 11.8 Å². The number of carbonyl (C=O) groups is 2. The molecule has 0 unspecified atom stereocenters. The van der Waals surface area contributed by atoms with Crippen molar-refractivity contribution < 1.29 is 14.0 Å². The van der Waals surface area contributed by atoms with E-state index >= 15 is 0 Å². The molecule has 1 aromatic rings. The summed E-state index contributed by atoms with van der Waals surface area (Å²) in [6.45, 7) is 1.43. The molecule has 0 radical (unpaired) electrons. The van der Waals surface area contributed by atoms with E-state index in [0.717, 1.165) is 23.9 Å². The van der Waals surface area contributed by atoms with Gasteiger partial charge in [-0.05, 0) is 18.2 Å². The summed E-state index contributed by atoms with van der Waals surface area (Å²) >= 11 is 1.05. The third-order valence-corrected chi connectivity index (χ3v) is 2.51. The molecule has 0 heterocycles. The molecule has 5 heteroatoms. The lowest BCUT2D eigenvalue weighted by Gasteiger charge is -1.99. The fraction of sp³-hybridized carbons (Fsp3) is 0.167. The molecular formula is C12H10FNO2S. The van der Waals surface area contributed by atoms with Crippen LogP contribution in [0.25, 0.3) is 0 Å². The third-order valence-electron chi connectivity index (χ3n) is 1.82. The van der Waals surface area contributed by atoms with Gasteiger partial charge in [-0.25, -0.2) is 4.39 Å². The van der Waals surface area contributed by atoms with E-state index in [1.165, 1.54) is 13.0 Å². The lowest BCUT2D eigenvalue weighted by Crippen LogP contribution is -2.12. The van der Waals surface area contributed by atoms with Gasteiger partial charge < -0.3 is 5.73 Å². The number of benzene rings is 1. The number of carbonyl (C=O) groups excluding carboxylic acids is 2. The number of thioether (sulfide) groups is 1. The highest BCUT2D eigenvalue weighted by Gasteiger charge is 2.06. The highest BCUT2D eigenvalue weighted by atomic mass is 32.2. The van der Waals surface area contributed by atoms with Crippen LogP contribution in [0.15, 0.2) is 18.2 Å². The summed E-state index contributed by atoms with van der Waals surface area (Å²) in [6, 6.07) is 3.58. The molecule has 1 aromatic carbocycles. The summed E-state index contributed by atoms with van der Waals surface area (Å²) in [5, 5.41) is -0.0475. The van der Waals surface area contributed by atoms with Crippen LogP contribution in [0.2, 0.25) is 0 Å². The molecule has 17 heavy (non-hydrogen) atoms. The van der Waals surface area contributed by atoms with Crippen LogP contribution in [-0.2, 0) is 4.79 Å². The number of nitrogens with two attached hydrogens (primary N) is 1. The van der Waals surface area contributed by atoms with Crippen LogP contribution in [0.3, 0.4) is 0 Å². The fourth-order valence-electron chi connectivity index (χ4n) is 1.10. The molecule has 0 aromatic heterocycles. The van der Waals surface area contributed by atoms with Crippen LogP contribution in [0.4, 0.5) is 4.39 Å². The maximum atomic E-state index is 13.0. The Kier molecular flexibility index (Phi) is 4.73. The number of halogens is 1. The molecule has 0 saturated carbocycles. The quantitative estimate of drug-likeness (QED) is 0.811. The summed E-state index contributed by atoms with van der Waals surface area (Å²) in [6.07, 6.45) is 0. The average Bonchev–Trinajstić information content (AvgIpc) is 2.23. The molecule has 1 rings (SSSR count). The molecule has 0 saturated heterocycles. The number of hydrogen-bond donors (Lipinski definition) is 1. The van der Waals surface area contributed by atoms with Crippen LogP contribution in [0, 0.1) is 17.7 Å². The SMILES string of the molecule is CC(=O)SCC#Cc1cc(F)ccc1C(N)=O. The third kappa shape index (κ3) is 4.29. The molecule has 0 aliphatic rings. The van der Waals surface area contributed by atoms with Crippen LogP contribution in [-0.4, -0.2) is 16.8 Å². The van der Waals surface area contributed by atoms with Crippen molar-refractivity contribution in [2.24, 2.45) is 5.73 Å². The van der Waals surface area contributed by atoms with Gasteiger partial charge in [-0.3, -0.25) is 9.59 Å². The van der Waals surface area contributed by atoms with Crippen molar-refractivity contribution in [3.63, 3.8) is 0 Å². The van der Waals surface area contributed by atoms with Crippen LogP contribution < -0.4 is 5.73 Å². The normalized spacial score (nSPS) is 9.29. The Labute approximate surface area is 103 Å². The van der Waals surface area contributed by atoms with Crippen molar-refractivity contribution in [1.82, 2.24) is 0 Å². The number of rotatable bonds is 2. The Hall–Kier alpha value is -1.80. The molecular weight excluding hydrogens is 241 g/mol. The minimum Gasteiger partial charge on any atom is -0.366 e. The molecule has 0 atom stereocenters. The van der Waals surface area contributed by atoms with Gasteiger partial charge >= 0.3 is 0 Å². The minimum atomic E-state index is -0.659. The maximum absolute atomic E-state index is 13.0. The smallest absolute Gasteiger partial charge is 0.249 e. The van der Waals surface area contributed by atoms with E-state index in [0.29, 0.717) is 5.75 Å². The summed E-state index contributed by atoms with van der Waals surface area (Å²) < 4.78 is 13.0. The van der Waals surface area contributed by atoms with Gasteiger partial charge in [0, 0.05) is 12.5 Å². The topological polar surface area (TPSA) is 60.2 Å². The van der Waals surface area contributed by atoms with Crippen molar-refractivity contribution in [3.05, 3.63) is 35.1 Å². The Bertz CT molecular complexity index is 517. The average molecular weight is 251 g/mol. The van der Waals surface area contributed by atoms with Gasteiger partial charge in [-0.2, -0.15) is 0 Å². The summed E-state index contributed by atoms with van der Waals surface area (Å²) in [7, 11) is 0. The van der Waals surface area contributed by atoms with Crippen molar-refractivity contribution >= 4 is 22.8 Å². The predicted molar refractivity (Wildman–Crippen MR) is 64.9 cm³/mol. The highest BCUT2D eigenvalue weighted by molar-refractivity contribution is 8.13. The lowest BCUT2D eigenvalue weighted by atomic mass is 10.1. The van der Waals surface area contributed by atoms with E-state index in [-0.39, 0.29) is 16.2 Å². The molecule has 0 fully saturated rings. The van der Waals surface area contributed by atoms with E-state index < -0.39 is 11.7 Å². The predicted octanol–water partition coefficient (Wildman–Crippen LogP) is 1.56. The Morgan fingerprint density at radius 2 is 2.18 bits per heavy atom. The van der Waals surface area contributed by atoms with Gasteiger partial charge in [-0.1, -0.05) is 23.6 Å². The zero-order chi connectivity index (χ0) is 12.8. The summed E-state index contributed by atoms with van der Waals surface area (Å²) in [5.74, 6) is 4.45. The zero-order valence-electron chi connectivity index (χ0n) is 9.12. The van der Waals surface area contributed by atoms with E-state index in [4.69, 9.17) is 5.73 Å².